The first kappa shape index (κ1) is 24.9. The van der Waals surface area contributed by atoms with Crippen LogP contribution >= 0.6 is 12.4 Å². The molecule has 0 spiro atoms. The molecule has 1 aliphatic heterocycles. The van der Waals surface area contributed by atoms with Gasteiger partial charge in [-0.2, -0.15) is 0 Å². The number of hydrogen-bond donors (Lipinski definition) is 5. The number of phenols is 1. The maximum absolute atomic E-state index is 11.4. The lowest BCUT2D eigenvalue weighted by Gasteiger charge is -2.29. The van der Waals surface area contributed by atoms with Gasteiger partial charge in [-0.05, 0) is 74.2 Å². The van der Waals surface area contributed by atoms with E-state index in [1.807, 2.05) is 19.1 Å². The van der Waals surface area contributed by atoms with Gasteiger partial charge in [0.1, 0.15) is 17.3 Å². The van der Waals surface area contributed by atoms with Crippen LogP contribution in [0.5, 0.6) is 11.5 Å². The largest absolute Gasteiger partial charge is 0.507 e. The van der Waals surface area contributed by atoms with E-state index in [0.717, 1.165) is 37.1 Å². The minimum Gasteiger partial charge on any atom is -0.507 e. The quantitative estimate of drug-likeness (QED) is 0.381. The Hall–Kier alpha value is -2.71. The Balaban J connectivity index is 0.00000306. The molecule has 0 bridgehead atoms. The van der Waals surface area contributed by atoms with Gasteiger partial charge >= 0.3 is 6.09 Å². The number of nitrogen functional groups attached to an aromatic ring is 1. The van der Waals surface area contributed by atoms with Crippen molar-refractivity contribution in [2.45, 2.75) is 51.0 Å². The summed E-state index contributed by atoms with van der Waals surface area (Å²) in [7, 11) is 0. The molecule has 2 fully saturated rings. The first-order valence-corrected chi connectivity index (χ1v) is 11.4. The van der Waals surface area contributed by atoms with E-state index in [0.29, 0.717) is 36.0 Å². The Morgan fingerprint density at radius 2 is 2.15 bits per heavy atom. The second-order valence-corrected chi connectivity index (χ2v) is 8.75. The molecule has 1 aromatic carbocycles. The molecule has 4 rings (SSSR count). The molecule has 2 heterocycles. The number of anilines is 1. The van der Waals surface area contributed by atoms with Gasteiger partial charge in [0.25, 0.3) is 0 Å². The minimum absolute atomic E-state index is 0. The lowest BCUT2D eigenvalue weighted by molar-refractivity contribution is 0.189. The van der Waals surface area contributed by atoms with Crippen molar-refractivity contribution >= 4 is 24.3 Å². The molecule has 0 radical (unpaired) electrons. The third-order valence-electron chi connectivity index (χ3n) is 6.34. The number of aromatic hydroxyl groups is 1. The van der Waals surface area contributed by atoms with Crippen LogP contribution in [0.3, 0.4) is 0 Å². The van der Waals surface area contributed by atoms with Crippen LogP contribution in [0.4, 0.5) is 10.6 Å². The van der Waals surface area contributed by atoms with E-state index in [1.165, 1.54) is 12.8 Å². The number of carbonyl (C=O) groups is 1. The predicted molar refractivity (Wildman–Crippen MR) is 130 cm³/mol. The summed E-state index contributed by atoms with van der Waals surface area (Å²) in [5.74, 6) is 1.69. The number of halogens is 1. The van der Waals surface area contributed by atoms with Gasteiger partial charge in [0.15, 0.2) is 0 Å². The van der Waals surface area contributed by atoms with Crippen LogP contribution in [0.15, 0.2) is 24.3 Å². The number of piperidine rings is 1. The van der Waals surface area contributed by atoms with Crippen LogP contribution in [0.2, 0.25) is 0 Å². The third-order valence-corrected chi connectivity index (χ3v) is 6.34. The average Bonchev–Trinajstić information content (AvgIpc) is 3.61. The van der Waals surface area contributed by atoms with Gasteiger partial charge < -0.3 is 31.3 Å². The minimum atomic E-state index is -1.09. The summed E-state index contributed by atoms with van der Waals surface area (Å²) in [5.41, 5.74) is 9.22. The van der Waals surface area contributed by atoms with Crippen LogP contribution in [-0.2, 0) is 0 Å². The van der Waals surface area contributed by atoms with Crippen molar-refractivity contribution in [1.29, 1.82) is 0 Å². The number of carboxylic acid groups (broad SMARTS) is 1. The number of nitrogens with zero attached hydrogens (tertiary/aromatic N) is 1. The van der Waals surface area contributed by atoms with Gasteiger partial charge in [-0.25, -0.2) is 9.78 Å². The molecule has 1 aliphatic carbocycles. The van der Waals surface area contributed by atoms with Crippen molar-refractivity contribution in [2.24, 2.45) is 5.92 Å². The van der Waals surface area contributed by atoms with Crippen molar-refractivity contribution in [3.63, 3.8) is 0 Å². The lowest BCUT2D eigenvalue weighted by Crippen LogP contribution is -2.32. The first-order chi connectivity index (χ1) is 15.5. The van der Waals surface area contributed by atoms with Crippen LogP contribution in [0, 0.1) is 5.92 Å². The summed E-state index contributed by atoms with van der Waals surface area (Å²) in [5, 5.41) is 26.1. The fourth-order valence-electron chi connectivity index (χ4n) is 4.47. The van der Waals surface area contributed by atoms with Gasteiger partial charge in [-0.1, -0.05) is 13.0 Å². The monoisotopic (exact) mass is 476 g/mol. The van der Waals surface area contributed by atoms with Crippen molar-refractivity contribution < 1.29 is 19.7 Å². The molecule has 2 aliphatic rings. The normalized spacial score (nSPS) is 18.8. The Bertz CT molecular complexity index is 977. The van der Waals surface area contributed by atoms with E-state index in [2.05, 4.69) is 15.6 Å². The highest BCUT2D eigenvalue weighted by molar-refractivity contribution is 5.85. The number of nitrogens with two attached hydrogens (primary N) is 1. The number of amides is 1. The van der Waals surface area contributed by atoms with Crippen LogP contribution in [-0.4, -0.2) is 41.0 Å². The molecule has 6 N–H and O–H groups in total. The van der Waals surface area contributed by atoms with Gasteiger partial charge in [0, 0.05) is 12.1 Å². The maximum atomic E-state index is 11.4. The second kappa shape index (κ2) is 10.9. The van der Waals surface area contributed by atoms with Crippen molar-refractivity contribution in [3.05, 3.63) is 35.4 Å². The Morgan fingerprint density at radius 3 is 2.79 bits per heavy atom. The average molecular weight is 477 g/mol. The SMILES string of the molecule is CCC(NC(=O)O)c1c(C2CCCNC2)cc(-c2c(O)cccc2OCC2CC2)nc1N.Cl. The zero-order chi connectivity index (χ0) is 22.7. The van der Waals surface area contributed by atoms with E-state index in [-0.39, 0.29) is 29.9 Å². The molecule has 1 saturated heterocycles. The molecular weight excluding hydrogens is 444 g/mol. The number of ether oxygens (including phenoxy) is 1. The van der Waals surface area contributed by atoms with Gasteiger partial charge in [-0.15, -0.1) is 12.4 Å². The van der Waals surface area contributed by atoms with E-state index in [4.69, 9.17) is 10.5 Å². The van der Waals surface area contributed by atoms with E-state index in [9.17, 15) is 15.0 Å². The van der Waals surface area contributed by atoms with Crippen molar-refractivity contribution in [2.75, 3.05) is 25.4 Å². The fourth-order valence-corrected chi connectivity index (χ4v) is 4.47. The summed E-state index contributed by atoms with van der Waals surface area (Å²) in [6, 6.07) is 6.71. The molecule has 33 heavy (non-hydrogen) atoms. The van der Waals surface area contributed by atoms with Crippen LogP contribution in [0.25, 0.3) is 11.3 Å². The number of pyridine rings is 1. The number of rotatable bonds is 8. The van der Waals surface area contributed by atoms with E-state index in [1.54, 1.807) is 12.1 Å². The summed E-state index contributed by atoms with van der Waals surface area (Å²) in [6.07, 6.45) is 3.79. The second-order valence-electron chi connectivity index (χ2n) is 8.75. The number of hydrogen-bond acceptors (Lipinski definition) is 6. The van der Waals surface area contributed by atoms with Gasteiger partial charge in [0.2, 0.25) is 0 Å². The van der Waals surface area contributed by atoms with Gasteiger partial charge in [-0.3, -0.25) is 0 Å². The predicted octanol–water partition coefficient (Wildman–Crippen LogP) is 4.43. The molecule has 2 unspecified atom stereocenters. The summed E-state index contributed by atoms with van der Waals surface area (Å²) in [4.78, 5) is 16.0. The molecule has 1 aromatic heterocycles. The van der Waals surface area contributed by atoms with E-state index >= 15 is 0 Å². The molecule has 8 nitrogen and oxygen atoms in total. The third kappa shape index (κ3) is 5.81. The van der Waals surface area contributed by atoms with Crippen molar-refractivity contribution in [3.8, 4) is 22.8 Å². The highest BCUT2D eigenvalue weighted by Gasteiger charge is 2.28. The Labute approximate surface area is 200 Å². The molecule has 2 aromatic rings. The molecular formula is C24H33ClN4O4. The zero-order valence-electron chi connectivity index (χ0n) is 18.8. The number of phenolic OH excluding ortho intramolecular Hbond substituents is 1. The molecule has 180 valence electrons. The molecule has 1 saturated carbocycles. The zero-order valence-corrected chi connectivity index (χ0v) is 19.7. The van der Waals surface area contributed by atoms with Crippen LogP contribution in [0.1, 0.15) is 62.1 Å². The summed E-state index contributed by atoms with van der Waals surface area (Å²) >= 11 is 0. The summed E-state index contributed by atoms with van der Waals surface area (Å²) in [6.45, 7) is 4.28. The lowest BCUT2D eigenvalue weighted by atomic mass is 9.85. The fraction of sp³-hybridized carbons (Fsp3) is 0.500. The number of nitrogens with one attached hydrogen (secondary N) is 2. The molecule has 1 amide bonds. The van der Waals surface area contributed by atoms with Crippen molar-refractivity contribution in [1.82, 2.24) is 15.6 Å². The Kier molecular flexibility index (Phi) is 8.26. The van der Waals surface area contributed by atoms with Crippen LogP contribution < -0.4 is 21.1 Å². The summed E-state index contributed by atoms with van der Waals surface area (Å²) < 4.78 is 6.03. The maximum Gasteiger partial charge on any atom is 0.405 e. The standard InChI is InChI=1S/C24H32N4O4.ClH/c1-2-17(28-24(30)31)21-16(15-5-4-10-26-12-15)11-18(27-23(21)25)22-19(29)6-3-7-20(22)32-13-14-8-9-14;/h3,6-7,11,14-15,17,26,28-29H,2,4-5,8-10,12-13H2,1H3,(H2,25,27)(H,30,31);1H. The number of aromatic nitrogens is 1. The molecule has 9 heteroatoms. The molecule has 2 atom stereocenters. The number of benzene rings is 1. The first-order valence-electron chi connectivity index (χ1n) is 11.4. The highest BCUT2D eigenvalue weighted by Crippen LogP contribution is 2.42. The highest BCUT2D eigenvalue weighted by atomic mass is 35.5. The smallest absolute Gasteiger partial charge is 0.405 e. The van der Waals surface area contributed by atoms with Gasteiger partial charge in [0.05, 0.1) is 23.9 Å². The topological polar surface area (TPSA) is 130 Å². The Morgan fingerprint density at radius 1 is 1.36 bits per heavy atom. The van der Waals surface area contributed by atoms with E-state index < -0.39 is 12.1 Å².